The third-order valence-corrected chi connectivity index (χ3v) is 3.61. The average Bonchev–Trinajstić information content (AvgIpc) is 2.30. The molecule has 1 aliphatic rings. The second kappa shape index (κ2) is 5.32. The number of aromatic nitrogens is 1. The minimum Gasteiger partial charge on any atom is -0.314 e. The van der Waals surface area contributed by atoms with Gasteiger partial charge in [-0.15, -0.1) is 0 Å². The minimum atomic E-state index is 0.241. The number of halogens is 2. The molecule has 16 heavy (non-hydrogen) atoms. The summed E-state index contributed by atoms with van der Waals surface area (Å²) >= 11 is 12.3. The second-order valence-electron chi connectivity index (χ2n) is 3.98. The maximum absolute atomic E-state index is 6.15. The van der Waals surface area contributed by atoms with Gasteiger partial charge in [-0.3, -0.25) is 9.88 Å². The molecule has 1 aliphatic heterocycles. The molecule has 0 spiro atoms. The lowest BCUT2D eigenvalue weighted by Crippen LogP contribution is -2.44. The van der Waals surface area contributed by atoms with E-state index in [1.807, 2.05) is 0 Å². The third-order valence-electron chi connectivity index (χ3n) is 3.01. The van der Waals surface area contributed by atoms with E-state index >= 15 is 0 Å². The summed E-state index contributed by atoms with van der Waals surface area (Å²) < 4.78 is 0. The molecular weight excluding hydrogens is 245 g/mol. The van der Waals surface area contributed by atoms with Gasteiger partial charge in [-0.05, 0) is 6.92 Å². The van der Waals surface area contributed by atoms with Gasteiger partial charge in [-0.25, -0.2) is 0 Å². The van der Waals surface area contributed by atoms with Crippen LogP contribution in [0, 0.1) is 0 Å². The van der Waals surface area contributed by atoms with Crippen LogP contribution in [0.5, 0.6) is 0 Å². The highest BCUT2D eigenvalue weighted by Crippen LogP contribution is 2.32. The molecule has 2 rings (SSSR count). The van der Waals surface area contributed by atoms with Crippen molar-refractivity contribution in [3.05, 3.63) is 28.0 Å². The lowest BCUT2D eigenvalue weighted by Gasteiger charge is -2.33. The molecule has 1 aromatic heterocycles. The van der Waals surface area contributed by atoms with Crippen LogP contribution in [0.1, 0.15) is 18.5 Å². The van der Waals surface area contributed by atoms with Gasteiger partial charge in [-0.2, -0.15) is 0 Å². The number of pyridine rings is 1. The van der Waals surface area contributed by atoms with E-state index in [0.717, 1.165) is 31.7 Å². The molecule has 2 heterocycles. The Bertz CT molecular complexity index is 344. The molecule has 0 radical (unpaired) electrons. The van der Waals surface area contributed by atoms with Gasteiger partial charge in [0, 0.05) is 50.2 Å². The summed E-state index contributed by atoms with van der Waals surface area (Å²) in [5.41, 5.74) is 0.986. The summed E-state index contributed by atoms with van der Waals surface area (Å²) in [6, 6.07) is 0.241. The fourth-order valence-corrected chi connectivity index (χ4v) is 2.75. The molecule has 88 valence electrons. The SMILES string of the molecule is C[C@H](c1c(Cl)cncc1Cl)N1CCNCC1. The highest BCUT2D eigenvalue weighted by atomic mass is 35.5. The molecule has 3 nitrogen and oxygen atoms in total. The Morgan fingerprint density at radius 1 is 1.25 bits per heavy atom. The van der Waals surface area contributed by atoms with E-state index < -0.39 is 0 Å². The van der Waals surface area contributed by atoms with Crippen LogP contribution in [-0.2, 0) is 0 Å². The van der Waals surface area contributed by atoms with Crippen molar-refractivity contribution < 1.29 is 0 Å². The van der Waals surface area contributed by atoms with Crippen molar-refractivity contribution in [2.45, 2.75) is 13.0 Å². The van der Waals surface area contributed by atoms with Crippen LogP contribution in [0.2, 0.25) is 10.0 Å². The summed E-state index contributed by atoms with van der Waals surface area (Å²) in [7, 11) is 0. The van der Waals surface area contributed by atoms with Crippen LogP contribution >= 0.6 is 23.2 Å². The summed E-state index contributed by atoms with van der Waals surface area (Å²) in [5.74, 6) is 0. The van der Waals surface area contributed by atoms with E-state index in [2.05, 4.69) is 22.1 Å². The first-order valence-electron chi connectivity index (χ1n) is 5.44. The maximum atomic E-state index is 6.15. The normalized spacial score (nSPS) is 19.7. The first-order valence-corrected chi connectivity index (χ1v) is 6.19. The molecule has 0 aromatic carbocycles. The monoisotopic (exact) mass is 259 g/mol. The van der Waals surface area contributed by atoms with Crippen LogP contribution in [0.25, 0.3) is 0 Å². The smallest absolute Gasteiger partial charge is 0.0652 e. The highest BCUT2D eigenvalue weighted by molar-refractivity contribution is 6.35. The predicted octanol–water partition coefficient (Wildman–Crippen LogP) is 2.35. The number of nitrogens with one attached hydrogen (secondary N) is 1. The summed E-state index contributed by atoms with van der Waals surface area (Å²) in [4.78, 5) is 6.36. The highest BCUT2D eigenvalue weighted by Gasteiger charge is 2.22. The van der Waals surface area contributed by atoms with Crippen LogP contribution in [0.15, 0.2) is 12.4 Å². The molecule has 0 saturated carbocycles. The number of hydrogen-bond donors (Lipinski definition) is 1. The Hall–Kier alpha value is -0.350. The molecule has 0 aliphatic carbocycles. The Morgan fingerprint density at radius 3 is 2.38 bits per heavy atom. The average molecular weight is 260 g/mol. The molecule has 0 amide bonds. The van der Waals surface area contributed by atoms with Gasteiger partial charge < -0.3 is 5.32 Å². The summed E-state index contributed by atoms with van der Waals surface area (Å²) in [6.45, 7) is 6.22. The number of nitrogens with zero attached hydrogens (tertiary/aromatic N) is 2. The van der Waals surface area contributed by atoms with Crippen molar-refractivity contribution in [3.8, 4) is 0 Å². The number of rotatable bonds is 2. The lowest BCUT2D eigenvalue weighted by atomic mass is 10.1. The lowest BCUT2D eigenvalue weighted by molar-refractivity contribution is 0.185. The molecule has 5 heteroatoms. The Balaban J connectivity index is 2.22. The van der Waals surface area contributed by atoms with Gasteiger partial charge in [0.25, 0.3) is 0 Å². The molecule has 1 aromatic rings. The van der Waals surface area contributed by atoms with Crippen molar-refractivity contribution >= 4 is 23.2 Å². The van der Waals surface area contributed by atoms with Gasteiger partial charge >= 0.3 is 0 Å². The van der Waals surface area contributed by atoms with Gasteiger partial charge in [-0.1, -0.05) is 23.2 Å². The van der Waals surface area contributed by atoms with E-state index in [1.54, 1.807) is 12.4 Å². The minimum absolute atomic E-state index is 0.241. The van der Waals surface area contributed by atoms with Crippen LogP contribution in [-0.4, -0.2) is 36.1 Å². The molecule has 1 fully saturated rings. The standard InChI is InChI=1S/C11H15Cl2N3/c1-8(16-4-2-14-3-5-16)11-9(12)6-15-7-10(11)13/h6-8,14H,2-5H2,1H3/t8-/m1/s1. The van der Waals surface area contributed by atoms with Crippen LogP contribution in [0.3, 0.4) is 0 Å². The zero-order valence-electron chi connectivity index (χ0n) is 9.21. The molecule has 0 unspecified atom stereocenters. The Morgan fingerprint density at radius 2 is 1.81 bits per heavy atom. The molecule has 1 N–H and O–H groups in total. The quantitative estimate of drug-likeness (QED) is 0.884. The van der Waals surface area contributed by atoms with Crippen LogP contribution in [0.4, 0.5) is 0 Å². The van der Waals surface area contributed by atoms with E-state index in [-0.39, 0.29) is 6.04 Å². The molecule has 0 bridgehead atoms. The van der Waals surface area contributed by atoms with E-state index in [1.165, 1.54) is 0 Å². The van der Waals surface area contributed by atoms with Crippen LogP contribution < -0.4 is 5.32 Å². The second-order valence-corrected chi connectivity index (χ2v) is 4.79. The first kappa shape index (κ1) is 12.1. The number of hydrogen-bond acceptors (Lipinski definition) is 3. The number of piperazine rings is 1. The largest absolute Gasteiger partial charge is 0.314 e. The predicted molar refractivity (Wildman–Crippen MR) is 67.1 cm³/mol. The molecule has 1 saturated heterocycles. The zero-order chi connectivity index (χ0) is 11.5. The van der Waals surface area contributed by atoms with Crippen molar-refractivity contribution in [3.63, 3.8) is 0 Å². The van der Waals surface area contributed by atoms with Gasteiger partial charge in [0.1, 0.15) is 0 Å². The van der Waals surface area contributed by atoms with Gasteiger partial charge in [0.2, 0.25) is 0 Å². The first-order chi connectivity index (χ1) is 7.70. The van der Waals surface area contributed by atoms with Crippen molar-refractivity contribution in [1.82, 2.24) is 15.2 Å². The maximum Gasteiger partial charge on any atom is 0.0652 e. The van der Waals surface area contributed by atoms with Gasteiger partial charge in [0.05, 0.1) is 10.0 Å². The summed E-state index contributed by atoms with van der Waals surface area (Å²) in [5, 5.41) is 4.63. The van der Waals surface area contributed by atoms with Crippen molar-refractivity contribution in [1.29, 1.82) is 0 Å². The molecule has 1 atom stereocenters. The van der Waals surface area contributed by atoms with E-state index in [4.69, 9.17) is 23.2 Å². The Kier molecular flexibility index (Phi) is 4.03. The Labute approximate surface area is 106 Å². The third kappa shape index (κ3) is 2.48. The van der Waals surface area contributed by atoms with Crippen molar-refractivity contribution in [2.75, 3.05) is 26.2 Å². The van der Waals surface area contributed by atoms with E-state index in [0.29, 0.717) is 10.0 Å². The van der Waals surface area contributed by atoms with Crippen molar-refractivity contribution in [2.24, 2.45) is 0 Å². The van der Waals surface area contributed by atoms with E-state index in [9.17, 15) is 0 Å². The fourth-order valence-electron chi connectivity index (χ4n) is 2.07. The fraction of sp³-hybridized carbons (Fsp3) is 0.545. The zero-order valence-corrected chi connectivity index (χ0v) is 10.7. The summed E-state index contributed by atoms with van der Waals surface area (Å²) in [6.07, 6.45) is 3.31. The topological polar surface area (TPSA) is 28.2 Å². The van der Waals surface area contributed by atoms with Gasteiger partial charge in [0.15, 0.2) is 0 Å². The molecular formula is C11H15Cl2N3.